The number of nitrogens with zero attached hydrogens (tertiary/aromatic N) is 3. The Labute approximate surface area is 150 Å². The summed E-state index contributed by atoms with van der Waals surface area (Å²) in [7, 11) is 0. The van der Waals surface area contributed by atoms with E-state index in [2.05, 4.69) is 19.6 Å². The largest absolute Gasteiger partial charge is 0.471 e. The Morgan fingerprint density at radius 1 is 0.808 bits per heavy atom. The quantitative estimate of drug-likeness (QED) is 0.473. The number of hydrogen-bond donors (Lipinski definition) is 0. The molecule has 4 rings (SSSR count). The zero-order valence-electron chi connectivity index (χ0n) is 13.1. The molecule has 0 unspecified atom stereocenters. The number of rotatable bonds is 3. The lowest BCUT2D eigenvalue weighted by Gasteiger charge is -1.99. The van der Waals surface area contributed by atoms with Crippen molar-refractivity contribution in [1.29, 1.82) is 0 Å². The van der Waals surface area contributed by atoms with Crippen LogP contribution in [0.1, 0.15) is 5.89 Å². The van der Waals surface area contributed by atoms with Gasteiger partial charge in [0, 0.05) is 22.1 Å². The molecule has 2 aromatic carbocycles. The fourth-order valence-electron chi connectivity index (χ4n) is 2.37. The van der Waals surface area contributed by atoms with E-state index in [1.165, 1.54) is 11.3 Å². The van der Waals surface area contributed by atoms with Crippen molar-refractivity contribution >= 4 is 11.3 Å². The summed E-state index contributed by atoms with van der Waals surface area (Å²) in [6, 6.07) is 16.6. The van der Waals surface area contributed by atoms with Crippen molar-refractivity contribution in [3.05, 3.63) is 65.9 Å². The summed E-state index contributed by atoms with van der Waals surface area (Å²) >= 11 is 1.50. The van der Waals surface area contributed by atoms with Crippen LogP contribution in [0, 0.1) is 0 Å². The fraction of sp³-hybridized carbons (Fsp3) is 0.0556. The van der Waals surface area contributed by atoms with E-state index in [9.17, 15) is 13.2 Å². The second-order valence-electron chi connectivity index (χ2n) is 5.40. The summed E-state index contributed by atoms with van der Waals surface area (Å²) in [4.78, 5) is 7.99. The number of halogens is 3. The van der Waals surface area contributed by atoms with Crippen LogP contribution >= 0.6 is 11.3 Å². The highest BCUT2D eigenvalue weighted by Gasteiger charge is 2.38. The van der Waals surface area contributed by atoms with Crippen LogP contribution in [0.5, 0.6) is 0 Å². The maximum absolute atomic E-state index is 12.5. The van der Waals surface area contributed by atoms with E-state index in [1.54, 1.807) is 24.3 Å². The number of aromatic nitrogens is 3. The first kappa shape index (κ1) is 16.5. The lowest BCUT2D eigenvalue weighted by Crippen LogP contribution is -2.04. The molecular weight excluding hydrogens is 363 g/mol. The molecule has 26 heavy (non-hydrogen) atoms. The van der Waals surface area contributed by atoms with Crippen molar-refractivity contribution < 1.29 is 17.7 Å². The average molecular weight is 373 g/mol. The molecule has 0 fully saturated rings. The van der Waals surface area contributed by atoms with Gasteiger partial charge in [-0.25, -0.2) is 4.98 Å². The number of thiazole rings is 1. The molecule has 0 saturated carbocycles. The zero-order valence-corrected chi connectivity index (χ0v) is 13.9. The highest BCUT2D eigenvalue weighted by Crippen LogP contribution is 2.32. The van der Waals surface area contributed by atoms with Gasteiger partial charge in [0.05, 0.1) is 5.69 Å². The lowest BCUT2D eigenvalue weighted by molar-refractivity contribution is -0.159. The first-order valence-corrected chi connectivity index (χ1v) is 8.41. The van der Waals surface area contributed by atoms with E-state index in [4.69, 9.17) is 0 Å². The van der Waals surface area contributed by atoms with Crippen molar-refractivity contribution in [2.75, 3.05) is 0 Å². The van der Waals surface area contributed by atoms with Crippen LogP contribution in [0.4, 0.5) is 13.2 Å². The second kappa shape index (κ2) is 6.38. The monoisotopic (exact) mass is 373 g/mol. The van der Waals surface area contributed by atoms with Gasteiger partial charge in [-0.05, 0) is 0 Å². The maximum atomic E-state index is 12.5. The van der Waals surface area contributed by atoms with Gasteiger partial charge >= 0.3 is 12.1 Å². The third-order valence-corrected chi connectivity index (χ3v) is 4.52. The minimum Gasteiger partial charge on any atom is -0.329 e. The van der Waals surface area contributed by atoms with E-state index in [0.29, 0.717) is 5.56 Å². The Morgan fingerprint density at radius 3 is 2.15 bits per heavy atom. The molecule has 0 atom stereocenters. The summed E-state index contributed by atoms with van der Waals surface area (Å²) in [5.41, 5.74) is 3.20. The van der Waals surface area contributed by atoms with E-state index in [1.807, 2.05) is 35.7 Å². The number of hydrogen-bond acceptors (Lipinski definition) is 5. The van der Waals surface area contributed by atoms with Crippen LogP contribution in [-0.4, -0.2) is 15.1 Å². The zero-order chi connectivity index (χ0) is 18.1. The Kier molecular flexibility index (Phi) is 4.04. The van der Waals surface area contributed by atoms with Crippen LogP contribution in [0.2, 0.25) is 0 Å². The second-order valence-corrected chi connectivity index (χ2v) is 6.26. The Bertz CT molecular complexity index is 1020. The molecule has 2 heterocycles. The van der Waals surface area contributed by atoms with Gasteiger partial charge in [-0.3, -0.25) is 0 Å². The summed E-state index contributed by atoms with van der Waals surface area (Å²) in [5, 5.41) is 6.16. The van der Waals surface area contributed by atoms with E-state index in [0.717, 1.165) is 21.8 Å². The predicted octanol–water partition coefficient (Wildman–Crippen LogP) is 5.55. The van der Waals surface area contributed by atoms with Gasteiger partial charge in [0.1, 0.15) is 5.01 Å². The van der Waals surface area contributed by atoms with E-state index < -0.39 is 12.1 Å². The Balaban J connectivity index is 1.59. The smallest absolute Gasteiger partial charge is 0.329 e. The summed E-state index contributed by atoms with van der Waals surface area (Å²) in [6.07, 6.45) is -4.65. The summed E-state index contributed by atoms with van der Waals surface area (Å²) in [6.45, 7) is 0. The molecule has 0 N–H and O–H groups in total. The van der Waals surface area contributed by atoms with Crippen molar-refractivity contribution in [3.8, 4) is 33.2 Å². The van der Waals surface area contributed by atoms with Crippen LogP contribution < -0.4 is 0 Å². The van der Waals surface area contributed by atoms with E-state index in [-0.39, 0.29) is 5.82 Å². The molecule has 8 heteroatoms. The molecule has 0 radical (unpaired) electrons. The summed E-state index contributed by atoms with van der Waals surface area (Å²) < 4.78 is 41.9. The SMILES string of the molecule is FC(F)(F)c1nc(-c2ccc(-c3nc(-c4ccccc4)cs3)cc2)no1. The van der Waals surface area contributed by atoms with E-state index >= 15 is 0 Å². The van der Waals surface area contributed by atoms with Crippen molar-refractivity contribution in [1.82, 2.24) is 15.1 Å². The molecule has 0 aliphatic rings. The van der Waals surface area contributed by atoms with Gasteiger partial charge in [0.25, 0.3) is 0 Å². The third kappa shape index (κ3) is 3.23. The number of benzene rings is 2. The first-order valence-electron chi connectivity index (χ1n) is 7.53. The van der Waals surface area contributed by atoms with Gasteiger partial charge in [-0.2, -0.15) is 18.2 Å². The van der Waals surface area contributed by atoms with Gasteiger partial charge in [0.2, 0.25) is 5.82 Å². The van der Waals surface area contributed by atoms with Crippen LogP contribution in [-0.2, 0) is 6.18 Å². The van der Waals surface area contributed by atoms with Crippen molar-refractivity contribution in [2.45, 2.75) is 6.18 Å². The first-order chi connectivity index (χ1) is 12.5. The molecule has 0 bridgehead atoms. The van der Waals surface area contributed by atoms with Crippen molar-refractivity contribution in [3.63, 3.8) is 0 Å². The molecule has 4 aromatic rings. The molecule has 4 nitrogen and oxygen atoms in total. The molecule has 0 saturated heterocycles. The van der Waals surface area contributed by atoms with Crippen LogP contribution in [0.15, 0.2) is 64.5 Å². The topological polar surface area (TPSA) is 51.8 Å². The fourth-order valence-corrected chi connectivity index (χ4v) is 3.20. The molecule has 0 spiro atoms. The highest BCUT2D eigenvalue weighted by atomic mass is 32.1. The average Bonchev–Trinajstić information content (AvgIpc) is 3.32. The van der Waals surface area contributed by atoms with Gasteiger partial charge in [0.15, 0.2) is 0 Å². The lowest BCUT2D eigenvalue weighted by atomic mass is 10.1. The van der Waals surface area contributed by atoms with Gasteiger partial charge < -0.3 is 4.52 Å². The maximum Gasteiger partial charge on any atom is 0.471 e. The van der Waals surface area contributed by atoms with Gasteiger partial charge in [-0.15, -0.1) is 11.3 Å². The van der Waals surface area contributed by atoms with Crippen molar-refractivity contribution in [2.24, 2.45) is 0 Å². The minimum absolute atomic E-state index is 0.104. The minimum atomic E-state index is -4.65. The highest BCUT2D eigenvalue weighted by molar-refractivity contribution is 7.13. The molecule has 2 aromatic heterocycles. The molecule has 0 aliphatic heterocycles. The van der Waals surface area contributed by atoms with Crippen LogP contribution in [0.3, 0.4) is 0 Å². The molecule has 0 amide bonds. The van der Waals surface area contributed by atoms with Crippen LogP contribution in [0.25, 0.3) is 33.2 Å². The molecule has 0 aliphatic carbocycles. The normalized spacial score (nSPS) is 11.7. The third-order valence-electron chi connectivity index (χ3n) is 3.63. The number of alkyl halides is 3. The predicted molar refractivity (Wildman–Crippen MR) is 91.3 cm³/mol. The molecular formula is C18H10F3N3OS. The Morgan fingerprint density at radius 2 is 1.50 bits per heavy atom. The standard InChI is InChI=1S/C18H10F3N3OS/c19-18(20,21)17-23-15(24-25-17)12-6-8-13(9-7-12)16-22-14(10-26-16)11-4-2-1-3-5-11/h1-10H. The summed E-state index contributed by atoms with van der Waals surface area (Å²) in [5.74, 6) is -1.46. The van der Waals surface area contributed by atoms with Gasteiger partial charge in [-0.1, -0.05) is 59.8 Å². The Hall–Kier alpha value is -3.00. The molecule has 130 valence electrons.